The number of nitrogens with one attached hydrogen (secondary N) is 1. The second-order valence-electron chi connectivity index (χ2n) is 7.31. The number of thioether (sulfide) groups is 1. The van der Waals surface area contributed by atoms with Gasteiger partial charge in [0, 0.05) is 11.4 Å². The van der Waals surface area contributed by atoms with Crippen LogP contribution >= 0.6 is 23.1 Å². The Kier molecular flexibility index (Phi) is 6.06. The van der Waals surface area contributed by atoms with Gasteiger partial charge in [0.15, 0.2) is 5.16 Å². The van der Waals surface area contributed by atoms with E-state index in [-0.39, 0.29) is 16.7 Å². The summed E-state index contributed by atoms with van der Waals surface area (Å²) in [4.78, 5) is 33.0. The third-order valence-corrected chi connectivity index (χ3v) is 7.41. The molecule has 1 N–H and O–H groups in total. The fourth-order valence-corrected chi connectivity index (χ4v) is 5.93. The fraction of sp³-hybridized carbons (Fsp3) is 0.409. The Balaban J connectivity index is 1.84. The Hall–Kier alpha value is -2.12. The van der Waals surface area contributed by atoms with Crippen LogP contribution in [0.4, 0.5) is 0 Å². The monoisotopic (exact) mass is 427 g/mol. The van der Waals surface area contributed by atoms with Crippen LogP contribution in [0.15, 0.2) is 40.3 Å². The summed E-state index contributed by atoms with van der Waals surface area (Å²) in [6.07, 6.45) is 5.16. The molecule has 0 spiro atoms. The molecule has 0 saturated carbocycles. The van der Waals surface area contributed by atoms with E-state index in [1.165, 1.54) is 28.6 Å². The molecule has 29 heavy (non-hydrogen) atoms. The molecule has 2 heterocycles. The van der Waals surface area contributed by atoms with Crippen LogP contribution in [0, 0.1) is 0 Å². The number of amides is 1. The minimum atomic E-state index is -0.338. The zero-order chi connectivity index (χ0) is 20.4. The van der Waals surface area contributed by atoms with Crippen molar-refractivity contribution in [2.45, 2.75) is 56.4 Å². The third-order valence-electron chi connectivity index (χ3n) is 5.17. The summed E-state index contributed by atoms with van der Waals surface area (Å²) in [6, 6.07) is 9.60. The van der Waals surface area contributed by atoms with Gasteiger partial charge in [0.1, 0.15) is 4.83 Å². The maximum atomic E-state index is 13.6. The number of fused-ring (bicyclic) bond motifs is 3. The number of rotatable bonds is 6. The minimum absolute atomic E-state index is 0.0238. The first-order chi connectivity index (χ1) is 14.1. The van der Waals surface area contributed by atoms with E-state index < -0.39 is 0 Å². The van der Waals surface area contributed by atoms with Crippen molar-refractivity contribution < 1.29 is 4.79 Å². The molecule has 5 nitrogen and oxygen atoms in total. The van der Waals surface area contributed by atoms with E-state index in [0.717, 1.165) is 41.6 Å². The van der Waals surface area contributed by atoms with Gasteiger partial charge in [-0.15, -0.1) is 11.3 Å². The number of aromatic nitrogens is 2. The van der Waals surface area contributed by atoms with Crippen molar-refractivity contribution in [3.05, 3.63) is 51.1 Å². The SMILES string of the molecule is CCCNC(=O)C(C)Sc1nc2sc3c(c2c(=O)n1-c1ccccc1)CCCC3. The summed E-state index contributed by atoms with van der Waals surface area (Å²) in [7, 11) is 0. The number of hydrogen-bond acceptors (Lipinski definition) is 5. The van der Waals surface area contributed by atoms with Gasteiger partial charge in [0.05, 0.1) is 16.3 Å². The smallest absolute Gasteiger partial charge is 0.267 e. The van der Waals surface area contributed by atoms with Crippen molar-refractivity contribution in [1.29, 1.82) is 0 Å². The number of benzene rings is 1. The van der Waals surface area contributed by atoms with E-state index in [0.29, 0.717) is 11.7 Å². The van der Waals surface area contributed by atoms with Gasteiger partial charge in [-0.05, 0) is 56.7 Å². The van der Waals surface area contributed by atoms with Crippen LogP contribution in [-0.2, 0) is 17.6 Å². The summed E-state index contributed by atoms with van der Waals surface area (Å²) in [6.45, 7) is 4.54. The van der Waals surface area contributed by atoms with Crippen LogP contribution in [0.3, 0.4) is 0 Å². The van der Waals surface area contributed by atoms with E-state index in [2.05, 4.69) is 5.32 Å². The van der Waals surface area contributed by atoms with Crippen LogP contribution in [-0.4, -0.2) is 27.3 Å². The van der Waals surface area contributed by atoms with Crippen LogP contribution in [0.25, 0.3) is 15.9 Å². The molecule has 2 aromatic heterocycles. The molecule has 0 saturated heterocycles. The van der Waals surface area contributed by atoms with Crippen molar-refractivity contribution in [2.75, 3.05) is 6.54 Å². The topological polar surface area (TPSA) is 64.0 Å². The van der Waals surface area contributed by atoms with Gasteiger partial charge in [0.25, 0.3) is 5.56 Å². The highest BCUT2D eigenvalue weighted by molar-refractivity contribution is 8.00. The number of aryl methyl sites for hydroxylation is 2. The minimum Gasteiger partial charge on any atom is -0.355 e. The van der Waals surface area contributed by atoms with Gasteiger partial charge in [-0.1, -0.05) is 36.9 Å². The van der Waals surface area contributed by atoms with Crippen LogP contribution in [0.5, 0.6) is 0 Å². The average Bonchev–Trinajstić information content (AvgIpc) is 3.11. The molecule has 0 radical (unpaired) electrons. The summed E-state index contributed by atoms with van der Waals surface area (Å²) in [5, 5.41) is 3.93. The quantitative estimate of drug-likeness (QED) is 0.470. The summed E-state index contributed by atoms with van der Waals surface area (Å²) < 4.78 is 1.68. The second kappa shape index (κ2) is 8.71. The number of para-hydroxylation sites is 1. The lowest BCUT2D eigenvalue weighted by molar-refractivity contribution is -0.120. The standard InChI is InChI=1S/C22H25N3O2S2/c1-3-13-23-19(26)14(2)28-22-24-20-18(16-11-7-8-12-17(16)29-20)21(27)25(22)15-9-5-4-6-10-15/h4-6,9-10,14H,3,7-8,11-13H2,1-2H3,(H,23,26). The van der Waals surface area contributed by atoms with E-state index >= 15 is 0 Å². The second-order valence-corrected chi connectivity index (χ2v) is 9.70. The van der Waals surface area contributed by atoms with E-state index in [1.54, 1.807) is 15.9 Å². The number of carbonyl (C=O) groups excluding carboxylic acids is 1. The van der Waals surface area contributed by atoms with Gasteiger partial charge >= 0.3 is 0 Å². The molecule has 0 aliphatic heterocycles. The lowest BCUT2D eigenvalue weighted by Gasteiger charge is -2.16. The molecule has 0 fully saturated rings. The molecular weight excluding hydrogens is 402 g/mol. The van der Waals surface area contributed by atoms with Crippen LogP contribution in [0.2, 0.25) is 0 Å². The predicted molar refractivity (Wildman–Crippen MR) is 120 cm³/mol. The van der Waals surface area contributed by atoms with Gasteiger partial charge in [-0.25, -0.2) is 4.98 Å². The predicted octanol–water partition coefficient (Wildman–Crippen LogP) is 4.33. The van der Waals surface area contributed by atoms with Gasteiger partial charge in [-0.2, -0.15) is 0 Å². The lowest BCUT2D eigenvalue weighted by atomic mass is 9.97. The van der Waals surface area contributed by atoms with Crippen molar-refractivity contribution in [3.63, 3.8) is 0 Å². The first kappa shape index (κ1) is 20.2. The molecule has 7 heteroatoms. The third kappa shape index (κ3) is 3.98. The van der Waals surface area contributed by atoms with Crippen LogP contribution in [0.1, 0.15) is 43.6 Å². The van der Waals surface area contributed by atoms with Crippen molar-refractivity contribution in [1.82, 2.24) is 14.9 Å². The maximum absolute atomic E-state index is 13.6. The van der Waals surface area contributed by atoms with Crippen molar-refractivity contribution in [3.8, 4) is 5.69 Å². The zero-order valence-corrected chi connectivity index (χ0v) is 18.4. The molecule has 0 bridgehead atoms. The number of carbonyl (C=O) groups is 1. The maximum Gasteiger partial charge on any atom is 0.267 e. The molecule has 4 rings (SSSR count). The Labute approximate surface area is 178 Å². The molecular formula is C22H25N3O2S2. The number of nitrogens with zero attached hydrogens (tertiary/aromatic N) is 2. The normalized spacial score (nSPS) is 14.6. The fourth-order valence-electron chi connectivity index (χ4n) is 3.67. The zero-order valence-electron chi connectivity index (χ0n) is 16.7. The molecule has 1 aromatic carbocycles. The van der Waals surface area contributed by atoms with Crippen LogP contribution < -0.4 is 10.9 Å². The van der Waals surface area contributed by atoms with E-state index in [1.807, 2.05) is 44.2 Å². The molecule has 3 aromatic rings. The van der Waals surface area contributed by atoms with Gasteiger partial charge in [-0.3, -0.25) is 14.2 Å². The Morgan fingerprint density at radius 3 is 2.79 bits per heavy atom. The number of thiophene rings is 1. The van der Waals surface area contributed by atoms with E-state index in [4.69, 9.17) is 4.98 Å². The summed E-state index contributed by atoms with van der Waals surface area (Å²) in [5.41, 5.74) is 1.94. The molecule has 1 unspecified atom stereocenters. The molecule has 1 amide bonds. The van der Waals surface area contributed by atoms with Gasteiger partial charge in [0.2, 0.25) is 5.91 Å². The summed E-state index contributed by atoms with van der Waals surface area (Å²) >= 11 is 2.99. The highest BCUT2D eigenvalue weighted by Gasteiger charge is 2.24. The largest absolute Gasteiger partial charge is 0.355 e. The number of hydrogen-bond donors (Lipinski definition) is 1. The lowest BCUT2D eigenvalue weighted by Crippen LogP contribution is -2.32. The highest BCUT2D eigenvalue weighted by atomic mass is 32.2. The molecule has 152 valence electrons. The Morgan fingerprint density at radius 2 is 2.03 bits per heavy atom. The van der Waals surface area contributed by atoms with Crippen molar-refractivity contribution >= 4 is 39.2 Å². The summed E-state index contributed by atoms with van der Waals surface area (Å²) in [5.74, 6) is -0.0312. The first-order valence-electron chi connectivity index (χ1n) is 10.2. The Morgan fingerprint density at radius 1 is 1.28 bits per heavy atom. The first-order valence-corrected chi connectivity index (χ1v) is 11.9. The highest BCUT2D eigenvalue weighted by Crippen LogP contribution is 2.35. The average molecular weight is 428 g/mol. The Bertz CT molecular complexity index is 1090. The van der Waals surface area contributed by atoms with Gasteiger partial charge < -0.3 is 5.32 Å². The molecule has 1 aliphatic rings. The van der Waals surface area contributed by atoms with Crippen molar-refractivity contribution in [2.24, 2.45) is 0 Å². The molecule has 1 aliphatic carbocycles. The molecule has 1 atom stereocenters. The van der Waals surface area contributed by atoms with E-state index in [9.17, 15) is 9.59 Å².